The van der Waals surface area contributed by atoms with Gasteiger partial charge in [-0.1, -0.05) is 12.1 Å². The molecule has 0 saturated heterocycles. The lowest BCUT2D eigenvalue weighted by Crippen LogP contribution is -2.35. The van der Waals surface area contributed by atoms with Crippen molar-refractivity contribution < 1.29 is 14.3 Å². The second-order valence-corrected chi connectivity index (χ2v) is 4.21. The molecule has 2 amide bonds. The average molecular weight is 249 g/mol. The molecule has 6 heteroatoms. The van der Waals surface area contributed by atoms with E-state index in [0.717, 1.165) is 21.8 Å². The minimum absolute atomic E-state index is 0.00278. The average Bonchev–Trinajstić information content (AvgIpc) is 2.68. The molecule has 0 fully saturated rings. The van der Waals surface area contributed by atoms with Gasteiger partial charge in [0, 0.05) is 12.7 Å². The van der Waals surface area contributed by atoms with Gasteiger partial charge in [-0.15, -0.1) is 0 Å². The van der Waals surface area contributed by atoms with E-state index in [4.69, 9.17) is 10.6 Å². The molecule has 96 valence electrons. The standard InChI is InChI=1S/C12H15N3O3/c1-15(13)12(17)7-18-6-8-2-3-10-9(4-8)5-11(16)14-10/h2-4H,5-7,13H2,1H3,(H,14,16). The number of benzene rings is 1. The summed E-state index contributed by atoms with van der Waals surface area (Å²) in [4.78, 5) is 22.4. The van der Waals surface area contributed by atoms with Gasteiger partial charge < -0.3 is 10.1 Å². The Hall–Kier alpha value is -1.92. The normalized spacial score (nSPS) is 13.1. The topological polar surface area (TPSA) is 84.7 Å². The van der Waals surface area contributed by atoms with Gasteiger partial charge in [-0.05, 0) is 17.2 Å². The Morgan fingerprint density at radius 1 is 1.56 bits per heavy atom. The van der Waals surface area contributed by atoms with E-state index >= 15 is 0 Å². The molecule has 2 rings (SSSR count). The molecule has 1 aliphatic heterocycles. The predicted octanol–water partition coefficient (Wildman–Crippen LogP) is 0.0299. The van der Waals surface area contributed by atoms with Crippen LogP contribution < -0.4 is 11.2 Å². The Labute approximate surface area is 105 Å². The quantitative estimate of drug-likeness (QED) is 0.448. The van der Waals surface area contributed by atoms with Crippen LogP contribution in [-0.4, -0.2) is 30.5 Å². The highest BCUT2D eigenvalue weighted by atomic mass is 16.5. The van der Waals surface area contributed by atoms with Gasteiger partial charge in [-0.3, -0.25) is 14.6 Å². The van der Waals surface area contributed by atoms with Crippen LogP contribution in [0.15, 0.2) is 18.2 Å². The van der Waals surface area contributed by atoms with Gasteiger partial charge in [0.05, 0.1) is 13.0 Å². The maximum absolute atomic E-state index is 11.2. The lowest BCUT2D eigenvalue weighted by Gasteiger charge is -2.10. The van der Waals surface area contributed by atoms with Gasteiger partial charge in [0.25, 0.3) is 5.91 Å². The monoisotopic (exact) mass is 249 g/mol. The largest absolute Gasteiger partial charge is 0.367 e. The molecule has 0 atom stereocenters. The molecule has 0 aromatic heterocycles. The molecule has 1 heterocycles. The third-order valence-corrected chi connectivity index (χ3v) is 2.68. The zero-order valence-electron chi connectivity index (χ0n) is 10.1. The second-order valence-electron chi connectivity index (χ2n) is 4.21. The number of hydrazine groups is 1. The van der Waals surface area contributed by atoms with Crippen LogP contribution >= 0.6 is 0 Å². The summed E-state index contributed by atoms with van der Waals surface area (Å²) in [6.07, 6.45) is 0.396. The van der Waals surface area contributed by atoms with Crippen LogP contribution in [0.3, 0.4) is 0 Å². The fraction of sp³-hybridized carbons (Fsp3) is 0.333. The van der Waals surface area contributed by atoms with E-state index in [1.165, 1.54) is 7.05 Å². The van der Waals surface area contributed by atoms with Crippen LogP contribution in [0.2, 0.25) is 0 Å². The molecule has 1 aromatic carbocycles. The molecular formula is C12H15N3O3. The van der Waals surface area contributed by atoms with Crippen molar-refractivity contribution in [3.8, 4) is 0 Å². The number of anilines is 1. The number of likely N-dealkylation sites (N-methyl/N-ethyl adjacent to an activating group) is 1. The number of carbonyl (C=O) groups excluding carboxylic acids is 2. The molecule has 0 radical (unpaired) electrons. The van der Waals surface area contributed by atoms with Crippen LogP contribution in [0.1, 0.15) is 11.1 Å². The summed E-state index contributed by atoms with van der Waals surface area (Å²) < 4.78 is 5.25. The van der Waals surface area contributed by atoms with Crippen LogP contribution in [0.25, 0.3) is 0 Å². The van der Waals surface area contributed by atoms with Gasteiger partial charge in [0.2, 0.25) is 5.91 Å². The lowest BCUT2D eigenvalue weighted by molar-refractivity contribution is -0.135. The maximum atomic E-state index is 11.2. The smallest absolute Gasteiger partial charge is 0.262 e. The Morgan fingerprint density at radius 3 is 3.06 bits per heavy atom. The summed E-state index contributed by atoms with van der Waals surface area (Å²) in [6.45, 7) is 0.266. The minimum atomic E-state index is -0.284. The molecule has 3 N–H and O–H groups in total. The fourth-order valence-corrected chi connectivity index (χ4v) is 1.73. The van der Waals surface area contributed by atoms with E-state index < -0.39 is 0 Å². The van der Waals surface area contributed by atoms with Gasteiger partial charge in [-0.2, -0.15) is 0 Å². The first-order chi connectivity index (χ1) is 8.56. The van der Waals surface area contributed by atoms with Gasteiger partial charge in [0.1, 0.15) is 6.61 Å². The molecule has 1 aromatic rings. The number of carbonyl (C=O) groups is 2. The van der Waals surface area contributed by atoms with Crippen molar-refractivity contribution in [2.75, 3.05) is 19.0 Å². The summed E-state index contributed by atoms with van der Waals surface area (Å²) in [5, 5.41) is 3.75. The van der Waals surface area contributed by atoms with E-state index in [1.807, 2.05) is 18.2 Å². The van der Waals surface area contributed by atoms with E-state index in [0.29, 0.717) is 13.0 Å². The number of nitrogens with one attached hydrogen (secondary N) is 1. The lowest BCUT2D eigenvalue weighted by atomic mass is 10.1. The zero-order chi connectivity index (χ0) is 13.1. The van der Waals surface area contributed by atoms with Gasteiger partial charge in [-0.25, -0.2) is 5.84 Å². The van der Waals surface area contributed by atoms with Crippen LogP contribution in [0.5, 0.6) is 0 Å². The summed E-state index contributed by atoms with van der Waals surface area (Å²) >= 11 is 0. The van der Waals surface area contributed by atoms with Crippen molar-refractivity contribution in [1.82, 2.24) is 5.01 Å². The summed E-state index contributed by atoms with van der Waals surface area (Å²) in [5.74, 6) is 4.98. The fourth-order valence-electron chi connectivity index (χ4n) is 1.73. The predicted molar refractivity (Wildman–Crippen MR) is 65.4 cm³/mol. The van der Waals surface area contributed by atoms with Gasteiger partial charge >= 0.3 is 0 Å². The molecule has 0 spiro atoms. The molecule has 0 aliphatic carbocycles. The van der Waals surface area contributed by atoms with Crippen molar-refractivity contribution in [3.05, 3.63) is 29.3 Å². The molecular weight excluding hydrogens is 234 g/mol. The number of ether oxygens (including phenoxy) is 1. The van der Waals surface area contributed by atoms with E-state index in [1.54, 1.807) is 0 Å². The maximum Gasteiger partial charge on any atom is 0.262 e. The number of amides is 2. The first-order valence-corrected chi connectivity index (χ1v) is 5.57. The highest BCUT2D eigenvalue weighted by Crippen LogP contribution is 2.23. The minimum Gasteiger partial charge on any atom is -0.367 e. The third kappa shape index (κ3) is 2.85. The molecule has 0 unspecified atom stereocenters. The number of nitrogens with zero attached hydrogens (tertiary/aromatic N) is 1. The molecule has 18 heavy (non-hydrogen) atoms. The summed E-state index contributed by atoms with van der Waals surface area (Å²) in [7, 11) is 1.47. The number of hydrogen-bond acceptors (Lipinski definition) is 4. The van der Waals surface area contributed by atoms with Crippen molar-refractivity contribution >= 4 is 17.5 Å². The molecule has 0 bridgehead atoms. The first kappa shape index (κ1) is 12.5. The molecule has 1 aliphatic rings. The molecule has 6 nitrogen and oxygen atoms in total. The Kier molecular flexibility index (Phi) is 3.59. The molecule has 0 saturated carbocycles. The van der Waals surface area contributed by atoms with Crippen LogP contribution in [0, 0.1) is 0 Å². The Morgan fingerprint density at radius 2 is 2.33 bits per heavy atom. The van der Waals surface area contributed by atoms with Crippen molar-refractivity contribution in [1.29, 1.82) is 0 Å². The zero-order valence-corrected chi connectivity index (χ0v) is 10.1. The number of hydrogen-bond donors (Lipinski definition) is 2. The van der Waals surface area contributed by atoms with Crippen LogP contribution in [-0.2, 0) is 27.4 Å². The number of fused-ring (bicyclic) bond motifs is 1. The highest BCUT2D eigenvalue weighted by molar-refractivity contribution is 5.99. The second kappa shape index (κ2) is 5.16. The number of rotatable bonds is 4. The summed E-state index contributed by atoms with van der Waals surface area (Å²) in [5.41, 5.74) is 2.74. The van der Waals surface area contributed by atoms with E-state index in [2.05, 4.69) is 5.32 Å². The Balaban J connectivity index is 1.90. The highest BCUT2D eigenvalue weighted by Gasteiger charge is 2.17. The van der Waals surface area contributed by atoms with Crippen molar-refractivity contribution in [2.45, 2.75) is 13.0 Å². The number of nitrogens with two attached hydrogens (primary N) is 1. The van der Waals surface area contributed by atoms with Gasteiger partial charge in [0.15, 0.2) is 0 Å². The van der Waals surface area contributed by atoms with Crippen molar-refractivity contribution in [2.24, 2.45) is 5.84 Å². The first-order valence-electron chi connectivity index (χ1n) is 5.57. The van der Waals surface area contributed by atoms with E-state index in [9.17, 15) is 9.59 Å². The Bertz CT molecular complexity index is 485. The third-order valence-electron chi connectivity index (χ3n) is 2.68. The summed E-state index contributed by atoms with van der Waals surface area (Å²) in [6, 6.07) is 5.61. The SMILES string of the molecule is CN(N)C(=O)COCc1ccc2c(c1)CC(=O)N2. The van der Waals surface area contributed by atoms with E-state index in [-0.39, 0.29) is 18.4 Å². The van der Waals surface area contributed by atoms with Crippen LogP contribution in [0.4, 0.5) is 5.69 Å². The van der Waals surface area contributed by atoms with Crippen molar-refractivity contribution in [3.63, 3.8) is 0 Å².